The number of carbonyl (C=O) groups excluding carboxylic acids is 1. The molecule has 1 saturated carbocycles. The van der Waals surface area contributed by atoms with E-state index in [0.29, 0.717) is 16.6 Å². The second-order valence-electron chi connectivity index (χ2n) is 4.06. The molecule has 0 N–H and O–H groups in total. The van der Waals surface area contributed by atoms with Crippen LogP contribution in [0.3, 0.4) is 0 Å². The molecule has 0 aromatic heterocycles. The van der Waals surface area contributed by atoms with E-state index in [0.717, 1.165) is 5.69 Å². The van der Waals surface area contributed by atoms with E-state index in [9.17, 15) is 4.79 Å². The molecule has 0 bridgehead atoms. The first-order chi connectivity index (χ1) is 7.09. The number of Topliss-reactive ketones (excluding diaryl/α,β-unsaturated/α-hetero) is 1. The molecule has 0 heterocycles. The van der Waals surface area contributed by atoms with Gasteiger partial charge in [-0.1, -0.05) is 11.6 Å². The maximum absolute atomic E-state index is 11.2. The first-order valence-electron chi connectivity index (χ1n) is 5.13. The number of hydrogen-bond donors (Lipinski definition) is 0. The van der Waals surface area contributed by atoms with Crippen LogP contribution in [0.25, 0.3) is 0 Å². The predicted molar refractivity (Wildman–Crippen MR) is 62.9 cm³/mol. The predicted octanol–water partition coefficient (Wildman–Crippen LogP) is 3.14. The van der Waals surface area contributed by atoms with Crippen molar-refractivity contribution in [2.24, 2.45) is 0 Å². The van der Waals surface area contributed by atoms with Crippen LogP contribution in [0.1, 0.15) is 30.1 Å². The van der Waals surface area contributed by atoms with Crippen LogP contribution in [-0.2, 0) is 0 Å². The molecular formula is C12H14ClNO. The van der Waals surface area contributed by atoms with Crippen LogP contribution in [0.2, 0.25) is 5.02 Å². The molecule has 2 nitrogen and oxygen atoms in total. The first-order valence-corrected chi connectivity index (χ1v) is 5.50. The fourth-order valence-electron chi connectivity index (χ4n) is 1.67. The van der Waals surface area contributed by atoms with E-state index in [1.165, 1.54) is 12.8 Å². The molecule has 0 amide bonds. The Kier molecular flexibility index (Phi) is 2.70. The van der Waals surface area contributed by atoms with Crippen LogP contribution in [0.5, 0.6) is 0 Å². The summed E-state index contributed by atoms with van der Waals surface area (Å²) in [6.07, 6.45) is 2.47. The van der Waals surface area contributed by atoms with Crippen LogP contribution in [0, 0.1) is 0 Å². The van der Waals surface area contributed by atoms with Crippen molar-refractivity contribution in [2.45, 2.75) is 25.8 Å². The molecule has 0 atom stereocenters. The molecule has 1 aromatic carbocycles. The average molecular weight is 224 g/mol. The second-order valence-corrected chi connectivity index (χ2v) is 4.47. The number of hydrogen-bond acceptors (Lipinski definition) is 2. The van der Waals surface area contributed by atoms with Gasteiger partial charge in [-0.25, -0.2) is 0 Å². The molecule has 1 aliphatic carbocycles. The van der Waals surface area contributed by atoms with Gasteiger partial charge < -0.3 is 4.90 Å². The van der Waals surface area contributed by atoms with Crippen molar-refractivity contribution in [3.63, 3.8) is 0 Å². The van der Waals surface area contributed by atoms with Crippen molar-refractivity contribution >= 4 is 23.1 Å². The summed E-state index contributed by atoms with van der Waals surface area (Å²) >= 11 is 6.15. The number of benzene rings is 1. The molecule has 0 spiro atoms. The molecule has 0 unspecified atom stereocenters. The van der Waals surface area contributed by atoms with Gasteiger partial charge in [0.2, 0.25) is 0 Å². The molecule has 3 heteroatoms. The van der Waals surface area contributed by atoms with Gasteiger partial charge in [0.1, 0.15) is 0 Å². The van der Waals surface area contributed by atoms with Crippen molar-refractivity contribution < 1.29 is 4.79 Å². The summed E-state index contributed by atoms with van der Waals surface area (Å²) < 4.78 is 0. The van der Waals surface area contributed by atoms with E-state index < -0.39 is 0 Å². The monoisotopic (exact) mass is 223 g/mol. The lowest BCUT2D eigenvalue weighted by Gasteiger charge is -2.20. The van der Waals surface area contributed by atoms with E-state index >= 15 is 0 Å². The van der Waals surface area contributed by atoms with Gasteiger partial charge in [-0.3, -0.25) is 4.79 Å². The SMILES string of the molecule is CC(=O)c1ccc(N(C)C2CC2)c(Cl)c1. The molecule has 1 aromatic rings. The van der Waals surface area contributed by atoms with Crippen molar-refractivity contribution in [3.8, 4) is 0 Å². The molecule has 15 heavy (non-hydrogen) atoms. The van der Waals surface area contributed by atoms with Crippen molar-refractivity contribution in [2.75, 3.05) is 11.9 Å². The third-order valence-electron chi connectivity index (χ3n) is 2.83. The van der Waals surface area contributed by atoms with Crippen LogP contribution in [0.15, 0.2) is 18.2 Å². The molecule has 0 saturated heterocycles. The summed E-state index contributed by atoms with van der Waals surface area (Å²) in [6.45, 7) is 1.55. The van der Waals surface area contributed by atoms with Gasteiger partial charge in [-0.05, 0) is 38.0 Å². The van der Waals surface area contributed by atoms with Crippen molar-refractivity contribution in [1.82, 2.24) is 0 Å². The molecule has 0 radical (unpaired) electrons. The fraction of sp³-hybridized carbons (Fsp3) is 0.417. The summed E-state index contributed by atoms with van der Waals surface area (Å²) in [7, 11) is 2.05. The maximum Gasteiger partial charge on any atom is 0.159 e. The number of halogens is 1. The first kappa shape index (κ1) is 10.5. The Labute approximate surface area is 94.8 Å². The van der Waals surface area contributed by atoms with Crippen LogP contribution in [0.4, 0.5) is 5.69 Å². The van der Waals surface area contributed by atoms with Gasteiger partial charge >= 0.3 is 0 Å². The minimum absolute atomic E-state index is 0.0533. The molecule has 1 aliphatic rings. The highest BCUT2D eigenvalue weighted by Gasteiger charge is 2.27. The Morgan fingerprint density at radius 2 is 2.13 bits per heavy atom. The van der Waals surface area contributed by atoms with Gasteiger partial charge in [0, 0.05) is 18.7 Å². The summed E-state index contributed by atoms with van der Waals surface area (Å²) in [5.74, 6) is 0.0533. The lowest BCUT2D eigenvalue weighted by Crippen LogP contribution is -2.19. The van der Waals surface area contributed by atoms with Crippen molar-refractivity contribution in [1.29, 1.82) is 0 Å². The minimum Gasteiger partial charge on any atom is -0.370 e. The summed E-state index contributed by atoms with van der Waals surface area (Å²) in [5.41, 5.74) is 1.69. The topological polar surface area (TPSA) is 20.3 Å². The van der Waals surface area contributed by atoms with Gasteiger partial charge in [-0.15, -0.1) is 0 Å². The Balaban J connectivity index is 2.29. The zero-order chi connectivity index (χ0) is 11.0. The average Bonchev–Trinajstić information content (AvgIpc) is 2.99. The Bertz CT molecular complexity index is 399. The molecule has 1 fully saturated rings. The number of ketones is 1. The molecule has 80 valence electrons. The third-order valence-corrected chi connectivity index (χ3v) is 3.13. The highest BCUT2D eigenvalue weighted by molar-refractivity contribution is 6.33. The van der Waals surface area contributed by atoms with Gasteiger partial charge in [-0.2, -0.15) is 0 Å². The zero-order valence-electron chi connectivity index (χ0n) is 8.96. The van der Waals surface area contributed by atoms with E-state index in [1.807, 2.05) is 19.2 Å². The summed E-state index contributed by atoms with van der Waals surface area (Å²) in [6, 6.07) is 6.14. The molecule has 2 rings (SSSR count). The standard InChI is InChI=1S/C12H14ClNO/c1-8(15)9-3-6-12(11(13)7-9)14(2)10-4-5-10/h3,6-7,10H,4-5H2,1-2H3. The Morgan fingerprint density at radius 1 is 1.47 bits per heavy atom. The summed E-state index contributed by atoms with van der Waals surface area (Å²) in [5, 5.41) is 0.664. The lowest BCUT2D eigenvalue weighted by molar-refractivity contribution is 0.101. The van der Waals surface area contributed by atoms with Gasteiger partial charge in [0.25, 0.3) is 0 Å². The number of nitrogens with zero attached hydrogens (tertiary/aromatic N) is 1. The Morgan fingerprint density at radius 3 is 2.60 bits per heavy atom. The number of carbonyl (C=O) groups is 1. The minimum atomic E-state index is 0.0533. The molecule has 0 aliphatic heterocycles. The second kappa shape index (κ2) is 3.86. The van der Waals surface area contributed by atoms with Crippen LogP contribution in [-0.4, -0.2) is 18.9 Å². The molecular weight excluding hydrogens is 210 g/mol. The largest absolute Gasteiger partial charge is 0.370 e. The quantitative estimate of drug-likeness (QED) is 0.734. The highest BCUT2D eigenvalue weighted by Crippen LogP contribution is 2.34. The lowest BCUT2D eigenvalue weighted by atomic mass is 10.1. The van der Waals surface area contributed by atoms with Crippen molar-refractivity contribution in [3.05, 3.63) is 28.8 Å². The van der Waals surface area contributed by atoms with E-state index in [4.69, 9.17) is 11.6 Å². The normalized spacial score (nSPS) is 15.1. The highest BCUT2D eigenvalue weighted by atomic mass is 35.5. The Hall–Kier alpha value is -1.02. The van der Waals surface area contributed by atoms with E-state index in [-0.39, 0.29) is 5.78 Å². The van der Waals surface area contributed by atoms with Gasteiger partial charge in [0.05, 0.1) is 10.7 Å². The summed E-state index contributed by atoms with van der Waals surface area (Å²) in [4.78, 5) is 13.3. The smallest absolute Gasteiger partial charge is 0.159 e. The zero-order valence-corrected chi connectivity index (χ0v) is 9.71. The van der Waals surface area contributed by atoms with Gasteiger partial charge in [0.15, 0.2) is 5.78 Å². The number of rotatable bonds is 3. The van der Waals surface area contributed by atoms with E-state index in [2.05, 4.69) is 4.90 Å². The third kappa shape index (κ3) is 2.15. The number of anilines is 1. The van der Waals surface area contributed by atoms with E-state index in [1.54, 1.807) is 13.0 Å². The fourth-order valence-corrected chi connectivity index (χ4v) is 1.98. The van der Waals surface area contributed by atoms with Crippen LogP contribution >= 0.6 is 11.6 Å². The van der Waals surface area contributed by atoms with Crippen LogP contribution < -0.4 is 4.90 Å². The maximum atomic E-state index is 11.2.